The zero-order valence-corrected chi connectivity index (χ0v) is 8.63. The quantitative estimate of drug-likeness (QED) is 0.597. The zero-order valence-electron chi connectivity index (χ0n) is 8.63. The first-order valence-corrected chi connectivity index (χ1v) is 4.42. The van der Waals surface area contributed by atoms with Crippen LogP contribution in [0.25, 0.3) is 0 Å². The summed E-state index contributed by atoms with van der Waals surface area (Å²) in [6, 6.07) is 0. The number of rotatable bonds is 0. The Morgan fingerprint density at radius 2 is 1.86 bits per heavy atom. The molecule has 0 atom stereocenters. The lowest BCUT2D eigenvalue weighted by Gasteiger charge is -2.02. The molecule has 0 saturated carbocycles. The van der Waals surface area contributed by atoms with Crippen LogP contribution in [0.3, 0.4) is 0 Å². The molecular formula is C10H14N4. The Bertz CT molecular complexity index is 375. The Labute approximate surface area is 83.7 Å². The lowest BCUT2D eigenvalue weighted by molar-refractivity contribution is 0.866. The monoisotopic (exact) mass is 190 g/mol. The van der Waals surface area contributed by atoms with Gasteiger partial charge in [-0.15, -0.1) is 0 Å². The number of anilines is 2. The minimum Gasteiger partial charge on any atom is -0.382 e. The van der Waals surface area contributed by atoms with Gasteiger partial charge in [-0.25, -0.2) is 4.98 Å². The van der Waals surface area contributed by atoms with Gasteiger partial charge in [0.2, 0.25) is 5.95 Å². The fraction of sp³-hybridized carbons (Fsp3) is 0.400. The topological polar surface area (TPSA) is 77.8 Å². The molecule has 1 aromatic heterocycles. The maximum Gasteiger partial charge on any atom is 0.222 e. The standard InChI is InChI=1S/C10H14N4/c1-6(2)4-5-8-7(3)13-10(12)14-9(8)11/h6H,1-3H3,(H4,11,12,13,14). The van der Waals surface area contributed by atoms with Gasteiger partial charge in [-0.1, -0.05) is 25.7 Å². The van der Waals surface area contributed by atoms with Crippen molar-refractivity contribution in [2.24, 2.45) is 5.92 Å². The van der Waals surface area contributed by atoms with E-state index in [1.54, 1.807) is 0 Å². The first-order chi connectivity index (χ1) is 6.50. The van der Waals surface area contributed by atoms with E-state index in [0.717, 1.165) is 5.69 Å². The Hall–Kier alpha value is -1.76. The second kappa shape index (κ2) is 3.97. The highest BCUT2D eigenvalue weighted by atomic mass is 15.0. The Balaban J connectivity index is 3.17. The highest BCUT2D eigenvalue weighted by molar-refractivity contribution is 5.55. The van der Waals surface area contributed by atoms with Crippen LogP contribution in [0.1, 0.15) is 25.1 Å². The van der Waals surface area contributed by atoms with Gasteiger partial charge < -0.3 is 11.5 Å². The van der Waals surface area contributed by atoms with Crippen LogP contribution in [0, 0.1) is 24.7 Å². The molecule has 0 bridgehead atoms. The molecule has 14 heavy (non-hydrogen) atoms. The summed E-state index contributed by atoms with van der Waals surface area (Å²) in [7, 11) is 0. The SMILES string of the molecule is Cc1nc(N)nc(N)c1C#CC(C)C. The minimum atomic E-state index is 0.190. The molecular weight excluding hydrogens is 176 g/mol. The van der Waals surface area contributed by atoms with Crippen LogP contribution < -0.4 is 11.5 Å². The van der Waals surface area contributed by atoms with Crippen molar-refractivity contribution in [1.29, 1.82) is 0 Å². The molecule has 0 radical (unpaired) electrons. The molecule has 4 heteroatoms. The zero-order chi connectivity index (χ0) is 10.7. The molecule has 0 fully saturated rings. The van der Waals surface area contributed by atoms with E-state index in [1.807, 2.05) is 20.8 Å². The van der Waals surface area contributed by atoms with Crippen molar-refractivity contribution in [2.75, 3.05) is 11.5 Å². The molecule has 0 unspecified atom stereocenters. The third kappa shape index (κ3) is 2.36. The average Bonchev–Trinajstić information content (AvgIpc) is 2.01. The second-order valence-electron chi connectivity index (χ2n) is 3.35. The summed E-state index contributed by atoms with van der Waals surface area (Å²) < 4.78 is 0. The van der Waals surface area contributed by atoms with E-state index in [4.69, 9.17) is 11.5 Å². The van der Waals surface area contributed by atoms with Crippen LogP contribution in [0.15, 0.2) is 0 Å². The molecule has 4 N–H and O–H groups in total. The number of nitrogen functional groups attached to an aromatic ring is 2. The van der Waals surface area contributed by atoms with E-state index in [-0.39, 0.29) is 5.95 Å². The average molecular weight is 190 g/mol. The predicted octanol–water partition coefficient (Wildman–Crippen LogP) is 0.957. The maximum absolute atomic E-state index is 5.67. The van der Waals surface area contributed by atoms with Crippen molar-refractivity contribution < 1.29 is 0 Å². The predicted molar refractivity (Wildman–Crippen MR) is 57.3 cm³/mol. The first-order valence-electron chi connectivity index (χ1n) is 4.42. The van der Waals surface area contributed by atoms with Crippen LogP contribution in [0.5, 0.6) is 0 Å². The van der Waals surface area contributed by atoms with Crippen molar-refractivity contribution in [3.8, 4) is 11.8 Å². The Morgan fingerprint density at radius 1 is 1.21 bits per heavy atom. The maximum atomic E-state index is 5.67. The van der Waals surface area contributed by atoms with Crippen LogP contribution >= 0.6 is 0 Å². The van der Waals surface area contributed by atoms with Crippen LogP contribution in [0.4, 0.5) is 11.8 Å². The number of hydrogen-bond donors (Lipinski definition) is 2. The minimum absolute atomic E-state index is 0.190. The molecule has 0 saturated heterocycles. The van der Waals surface area contributed by atoms with Gasteiger partial charge in [-0.3, -0.25) is 0 Å². The van der Waals surface area contributed by atoms with E-state index in [1.165, 1.54) is 0 Å². The summed E-state index contributed by atoms with van der Waals surface area (Å²) in [4.78, 5) is 7.85. The fourth-order valence-electron chi connectivity index (χ4n) is 0.988. The van der Waals surface area contributed by atoms with Crippen LogP contribution in [0.2, 0.25) is 0 Å². The highest BCUT2D eigenvalue weighted by Crippen LogP contribution is 2.12. The van der Waals surface area contributed by atoms with E-state index in [9.17, 15) is 0 Å². The molecule has 1 aromatic rings. The van der Waals surface area contributed by atoms with Crippen molar-refractivity contribution >= 4 is 11.8 Å². The second-order valence-corrected chi connectivity index (χ2v) is 3.35. The van der Waals surface area contributed by atoms with Gasteiger partial charge in [0.1, 0.15) is 5.82 Å². The van der Waals surface area contributed by atoms with Gasteiger partial charge in [-0.2, -0.15) is 4.98 Å². The summed E-state index contributed by atoms with van der Waals surface area (Å²) in [5.74, 6) is 6.80. The fourth-order valence-corrected chi connectivity index (χ4v) is 0.988. The lowest BCUT2D eigenvalue weighted by Crippen LogP contribution is -2.04. The van der Waals surface area contributed by atoms with E-state index < -0.39 is 0 Å². The van der Waals surface area contributed by atoms with Gasteiger partial charge in [0.25, 0.3) is 0 Å². The van der Waals surface area contributed by atoms with Crippen molar-refractivity contribution in [3.63, 3.8) is 0 Å². The molecule has 0 amide bonds. The van der Waals surface area contributed by atoms with Gasteiger partial charge >= 0.3 is 0 Å². The summed E-state index contributed by atoms with van der Waals surface area (Å²) in [5.41, 5.74) is 12.5. The first kappa shape index (κ1) is 10.3. The van der Waals surface area contributed by atoms with Crippen LogP contribution in [-0.4, -0.2) is 9.97 Å². The number of nitrogens with two attached hydrogens (primary N) is 2. The molecule has 4 nitrogen and oxygen atoms in total. The van der Waals surface area contributed by atoms with Crippen molar-refractivity contribution in [2.45, 2.75) is 20.8 Å². The van der Waals surface area contributed by atoms with Gasteiger partial charge in [0.15, 0.2) is 0 Å². The molecule has 74 valence electrons. The van der Waals surface area contributed by atoms with Crippen LogP contribution in [-0.2, 0) is 0 Å². The van der Waals surface area contributed by atoms with Gasteiger partial charge in [0, 0.05) is 5.92 Å². The van der Waals surface area contributed by atoms with E-state index in [0.29, 0.717) is 17.3 Å². The molecule has 0 aliphatic heterocycles. The van der Waals surface area contributed by atoms with Crippen molar-refractivity contribution in [1.82, 2.24) is 9.97 Å². The lowest BCUT2D eigenvalue weighted by atomic mass is 10.2. The Kier molecular flexibility index (Phi) is 2.92. The number of aryl methyl sites for hydroxylation is 1. The molecule has 0 aliphatic rings. The summed E-state index contributed by atoms with van der Waals surface area (Å²) in [6.45, 7) is 5.84. The molecule has 1 heterocycles. The van der Waals surface area contributed by atoms with E-state index in [2.05, 4.69) is 21.8 Å². The van der Waals surface area contributed by atoms with Gasteiger partial charge in [0.05, 0.1) is 11.3 Å². The third-order valence-corrected chi connectivity index (χ3v) is 1.62. The number of aromatic nitrogens is 2. The summed E-state index contributed by atoms with van der Waals surface area (Å²) in [5, 5.41) is 0. The molecule has 1 rings (SSSR count). The van der Waals surface area contributed by atoms with Crippen molar-refractivity contribution in [3.05, 3.63) is 11.3 Å². The summed E-state index contributed by atoms with van der Waals surface area (Å²) >= 11 is 0. The number of nitrogens with zero attached hydrogens (tertiary/aromatic N) is 2. The largest absolute Gasteiger partial charge is 0.382 e. The Morgan fingerprint density at radius 3 is 2.36 bits per heavy atom. The number of hydrogen-bond acceptors (Lipinski definition) is 4. The summed E-state index contributed by atoms with van der Waals surface area (Å²) in [6.07, 6.45) is 0. The highest BCUT2D eigenvalue weighted by Gasteiger charge is 2.04. The smallest absolute Gasteiger partial charge is 0.222 e. The molecule has 0 aliphatic carbocycles. The van der Waals surface area contributed by atoms with Gasteiger partial charge in [-0.05, 0) is 6.92 Å². The normalized spacial score (nSPS) is 9.71. The third-order valence-electron chi connectivity index (χ3n) is 1.62. The molecule has 0 aromatic carbocycles. The van der Waals surface area contributed by atoms with E-state index >= 15 is 0 Å². The molecule has 0 spiro atoms.